The number of hydrogen-bond donors (Lipinski definition) is 2. The van der Waals surface area contributed by atoms with E-state index in [1.807, 2.05) is 0 Å². The van der Waals surface area contributed by atoms with Gasteiger partial charge in [0, 0.05) is 5.92 Å². The Hall–Kier alpha value is -0.720. The molecular weight excluding hydrogens is 696 g/mol. The lowest BCUT2D eigenvalue weighted by molar-refractivity contribution is -0.145. The average Bonchev–Trinajstić information content (AvgIpc) is 3.94. The van der Waals surface area contributed by atoms with E-state index in [1.54, 1.807) is 0 Å². The summed E-state index contributed by atoms with van der Waals surface area (Å²) in [4.78, 5) is 0. The van der Waals surface area contributed by atoms with Crippen molar-refractivity contribution in [1.29, 1.82) is 0 Å². The van der Waals surface area contributed by atoms with Gasteiger partial charge in [-0.15, -0.1) is 0 Å². The number of rotatable bonds is 24. The van der Waals surface area contributed by atoms with Crippen LogP contribution in [-0.4, -0.2) is 223 Å². The van der Waals surface area contributed by atoms with Gasteiger partial charge in [-0.3, -0.25) is 0 Å². The van der Waals surface area contributed by atoms with E-state index in [9.17, 15) is 10.2 Å². The second-order valence-corrected chi connectivity index (χ2v) is 14.1. The van der Waals surface area contributed by atoms with Crippen LogP contribution in [0.5, 0.6) is 0 Å². The maximum absolute atomic E-state index is 9.87. The number of aliphatic hydroxyl groups is 2. The summed E-state index contributed by atoms with van der Waals surface area (Å²) < 4.78 is 84.9. The molecule has 8 heterocycles. The average molecular weight is 755 g/mol. The van der Waals surface area contributed by atoms with Crippen LogP contribution in [0.4, 0.5) is 0 Å². The Morgan fingerprint density at radius 2 is 1.04 bits per heavy atom. The van der Waals surface area contributed by atoms with Gasteiger partial charge in [0.25, 0.3) is 0 Å². The van der Waals surface area contributed by atoms with E-state index in [2.05, 4.69) is 0 Å². The van der Waals surface area contributed by atoms with Gasteiger partial charge in [-0.25, -0.2) is 0 Å². The molecule has 0 aromatic heterocycles. The molecule has 0 amide bonds. The quantitative estimate of drug-likeness (QED) is 0.102. The predicted molar refractivity (Wildman–Crippen MR) is 174 cm³/mol. The third-order valence-corrected chi connectivity index (χ3v) is 8.74. The zero-order valence-corrected chi connectivity index (χ0v) is 30.0. The molecular formula is C34H58O18. The molecule has 0 spiro atoms. The molecule has 2 N–H and O–H groups in total. The molecule has 302 valence electrons. The van der Waals surface area contributed by atoms with Gasteiger partial charge < -0.3 is 86.0 Å². The lowest BCUT2D eigenvalue weighted by Crippen LogP contribution is -2.41. The van der Waals surface area contributed by atoms with Crippen LogP contribution in [0.3, 0.4) is 0 Å². The molecule has 8 atom stereocenters. The van der Waals surface area contributed by atoms with E-state index in [-0.39, 0.29) is 49.7 Å². The molecule has 0 radical (unpaired) electrons. The van der Waals surface area contributed by atoms with Crippen LogP contribution >= 0.6 is 0 Å². The Labute approximate surface area is 304 Å². The Morgan fingerprint density at radius 1 is 0.519 bits per heavy atom. The first-order chi connectivity index (χ1) is 25.5. The second kappa shape index (κ2) is 21.5. The third kappa shape index (κ3) is 17.4. The molecule has 8 fully saturated rings. The summed E-state index contributed by atoms with van der Waals surface area (Å²) in [5.41, 5.74) is -0.177. The lowest BCUT2D eigenvalue weighted by atomic mass is 10.2. The first kappa shape index (κ1) is 40.9. The Balaban J connectivity index is 0.000000140. The third-order valence-electron chi connectivity index (χ3n) is 8.74. The molecule has 18 heteroatoms. The summed E-state index contributed by atoms with van der Waals surface area (Å²) in [6.45, 7) is 13.8. The Morgan fingerprint density at radius 3 is 1.58 bits per heavy atom. The maximum atomic E-state index is 9.87. The summed E-state index contributed by atoms with van der Waals surface area (Å²) in [6, 6.07) is 0. The van der Waals surface area contributed by atoms with E-state index < -0.39 is 18.0 Å². The fourth-order valence-corrected chi connectivity index (χ4v) is 4.94. The van der Waals surface area contributed by atoms with Crippen molar-refractivity contribution in [1.82, 2.24) is 0 Å². The standard InChI is InChI=1S/C15H26O8.C10H16O5.C9H16O5/c16-13(6-19-5-12-3-17-1-2-18-4-12)7-20-10-15(11-23-15)22-9-14-8-21-14;1(8-3-13-8)11-5-10(7-15-10)6-12-2-9-4-14-9;10-8(5-12-3-7-4-14-7)9-6-11-1-2-13-9/h12-14,16H,1-11H2;8-9H,1-7H2;7-10H,1-6H2. The van der Waals surface area contributed by atoms with Crippen molar-refractivity contribution in [2.24, 2.45) is 5.92 Å². The zero-order chi connectivity index (χ0) is 35.9. The van der Waals surface area contributed by atoms with Gasteiger partial charge in [0.05, 0.1) is 145 Å². The van der Waals surface area contributed by atoms with Crippen molar-refractivity contribution in [2.75, 3.05) is 159 Å². The molecule has 0 aliphatic carbocycles. The number of epoxide rings is 6. The molecule has 18 nitrogen and oxygen atoms in total. The van der Waals surface area contributed by atoms with Gasteiger partial charge in [0.2, 0.25) is 5.79 Å². The van der Waals surface area contributed by atoms with Crippen LogP contribution < -0.4 is 0 Å². The minimum absolute atomic E-state index is 0.177. The van der Waals surface area contributed by atoms with E-state index in [0.29, 0.717) is 118 Å². The van der Waals surface area contributed by atoms with Crippen molar-refractivity contribution < 1.29 is 86.0 Å². The van der Waals surface area contributed by atoms with Crippen LogP contribution in [0, 0.1) is 5.92 Å². The van der Waals surface area contributed by atoms with Crippen LogP contribution in [-0.2, 0) is 75.8 Å². The van der Waals surface area contributed by atoms with Crippen molar-refractivity contribution >= 4 is 0 Å². The van der Waals surface area contributed by atoms with Gasteiger partial charge in [0.15, 0.2) is 0 Å². The highest BCUT2D eigenvalue weighted by molar-refractivity contribution is 4.92. The first-order valence-corrected chi connectivity index (χ1v) is 18.5. The summed E-state index contributed by atoms with van der Waals surface area (Å²) in [5, 5.41) is 19.5. The van der Waals surface area contributed by atoms with Crippen molar-refractivity contribution in [2.45, 2.75) is 54.1 Å². The molecule has 8 aliphatic rings. The summed E-state index contributed by atoms with van der Waals surface area (Å²) in [5.74, 6) is -0.423. The smallest absolute Gasteiger partial charge is 0.216 e. The predicted octanol–water partition coefficient (Wildman–Crippen LogP) is -2.05. The van der Waals surface area contributed by atoms with Gasteiger partial charge in [-0.2, -0.15) is 0 Å². The van der Waals surface area contributed by atoms with Crippen LogP contribution in [0.1, 0.15) is 0 Å². The topological polar surface area (TPSA) is 208 Å². The van der Waals surface area contributed by atoms with Crippen LogP contribution in [0.15, 0.2) is 0 Å². The molecule has 0 aromatic rings. The van der Waals surface area contributed by atoms with Crippen LogP contribution in [0.2, 0.25) is 0 Å². The molecule has 8 rings (SSSR count). The van der Waals surface area contributed by atoms with Gasteiger partial charge in [0.1, 0.15) is 61.5 Å². The monoisotopic (exact) mass is 754 g/mol. The van der Waals surface area contributed by atoms with Gasteiger partial charge >= 0.3 is 0 Å². The largest absolute Gasteiger partial charge is 0.388 e. The molecule has 8 saturated heterocycles. The van der Waals surface area contributed by atoms with Gasteiger partial charge in [-0.05, 0) is 0 Å². The Bertz CT molecular complexity index is 936. The lowest BCUT2D eigenvalue weighted by Gasteiger charge is -2.26. The molecule has 0 aromatic carbocycles. The van der Waals surface area contributed by atoms with E-state index in [4.69, 9.17) is 75.8 Å². The summed E-state index contributed by atoms with van der Waals surface area (Å²) >= 11 is 0. The number of ether oxygens (including phenoxy) is 16. The van der Waals surface area contributed by atoms with Crippen molar-refractivity contribution in [3.63, 3.8) is 0 Å². The molecule has 8 unspecified atom stereocenters. The maximum Gasteiger partial charge on any atom is 0.216 e. The molecule has 0 saturated carbocycles. The van der Waals surface area contributed by atoms with Gasteiger partial charge in [-0.1, -0.05) is 0 Å². The highest BCUT2D eigenvalue weighted by Crippen LogP contribution is 2.30. The first-order valence-electron chi connectivity index (χ1n) is 18.5. The highest BCUT2D eigenvalue weighted by Gasteiger charge is 2.48. The van der Waals surface area contributed by atoms with Crippen molar-refractivity contribution in [3.8, 4) is 0 Å². The normalized spacial score (nSPS) is 35.5. The summed E-state index contributed by atoms with van der Waals surface area (Å²) in [7, 11) is 0. The fourth-order valence-electron chi connectivity index (χ4n) is 4.94. The highest BCUT2D eigenvalue weighted by atomic mass is 16.8. The minimum Gasteiger partial charge on any atom is -0.388 e. The van der Waals surface area contributed by atoms with E-state index in [1.165, 1.54) is 0 Å². The summed E-state index contributed by atoms with van der Waals surface area (Å²) in [6.07, 6.45) is -0.441. The molecule has 8 aliphatic heterocycles. The number of aliphatic hydroxyl groups excluding tert-OH is 2. The fraction of sp³-hybridized carbons (Fsp3) is 1.00. The van der Waals surface area contributed by atoms with Crippen molar-refractivity contribution in [3.05, 3.63) is 0 Å². The zero-order valence-electron chi connectivity index (χ0n) is 30.0. The van der Waals surface area contributed by atoms with E-state index in [0.717, 1.165) is 33.0 Å². The van der Waals surface area contributed by atoms with E-state index >= 15 is 0 Å². The minimum atomic E-state index is -0.676. The number of hydrogen-bond acceptors (Lipinski definition) is 18. The SMILES string of the molecule is C(OCC1(COCC2CO2)CO1)C1CO1.OC(COCC1CO1)C1COCCO1.OC(COCC1COCCOC1)COCC1(OCC2CO2)CO1. The Kier molecular flexibility index (Phi) is 17.0. The van der Waals surface area contributed by atoms with Crippen LogP contribution in [0.25, 0.3) is 0 Å². The molecule has 52 heavy (non-hydrogen) atoms. The second-order valence-electron chi connectivity index (χ2n) is 14.1. The molecule has 0 bridgehead atoms.